The standard InChI is InChI=1S/C8H11NO/c1-2-3-7-4-5-8(6-10)9-7/h2-4,10H,5-6H2,1H3/b3-2-. The summed E-state index contributed by atoms with van der Waals surface area (Å²) in [7, 11) is 0. The fourth-order valence-corrected chi connectivity index (χ4v) is 0.872. The van der Waals surface area contributed by atoms with Gasteiger partial charge < -0.3 is 5.11 Å². The topological polar surface area (TPSA) is 32.6 Å². The van der Waals surface area contributed by atoms with E-state index in [2.05, 4.69) is 4.99 Å². The van der Waals surface area contributed by atoms with Crippen LogP contribution in [0.4, 0.5) is 0 Å². The van der Waals surface area contributed by atoms with Crippen molar-refractivity contribution < 1.29 is 5.11 Å². The summed E-state index contributed by atoms with van der Waals surface area (Å²) < 4.78 is 0. The third kappa shape index (κ3) is 1.54. The Bertz CT molecular complexity index is 201. The van der Waals surface area contributed by atoms with Crippen molar-refractivity contribution in [2.45, 2.75) is 13.3 Å². The Hall–Kier alpha value is -0.890. The maximum absolute atomic E-state index is 8.66. The molecule has 0 atom stereocenters. The average molecular weight is 137 g/mol. The highest BCUT2D eigenvalue weighted by Crippen LogP contribution is 2.10. The van der Waals surface area contributed by atoms with Gasteiger partial charge in [0, 0.05) is 12.1 Å². The van der Waals surface area contributed by atoms with Gasteiger partial charge in [0.2, 0.25) is 0 Å². The van der Waals surface area contributed by atoms with Crippen LogP contribution in [-0.4, -0.2) is 17.4 Å². The van der Waals surface area contributed by atoms with Crippen LogP contribution >= 0.6 is 0 Å². The van der Waals surface area contributed by atoms with Crippen LogP contribution in [0.15, 0.2) is 28.9 Å². The van der Waals surface area contributed by atoms with E-state index in [9.17, 15) is 0 Å². The largest absolute Gasteiger partial charge is 0.390 e. The van der Waals surface area contributed by atoms with Gasteiger partial charge in [0.25, 0.3) is 0 Å². The van der Waals surface area contributed by atoms with Crippen LogP contribution in [0.3, 0.4) is 0 Å². The fourth-order valence-electron chi connectivity index (χ4n) is 0.872. The third-order valence-electron chi connectivity index (χ3n) is 1.35. The van der Waals surface area contributed by atoms with Crippen LogP contribution in [0.2, 0.25) is 0 Å². The lowest BCUT2D eigenvalue weighted by Crippen LogP contribution is -1.98. The van der Waals surface area contributed by atoms with E-state index in [0.29, 0.717) is 0 Å². The second-order valence-corrected chi connectivity index (χ2v) is 2.17. The first-order chi connectivity index (χ1) is 4.86. The highest BCUT2D eigenvalue weighted by atomic mass is 16.3. The molecule has 0 amide bonds. The number of aliphatic hydroxyl groups excluding tert-OH is 1. The van der Waals surface area contributed by atoms with E-state index in [1.54, 1.807) is 0 Å². The first kappa shape index (κ1) is 7.22. The molecule has 0 aromatic heterocycles. The van der Waals surface area contributed by atoms with Crippen LogP contribution in [0, 0.1) is 0 Å². The lowest BCUT2D eigenvalue weighted by Gasteiger charge is -1.88. The van der Waals surface area contributed by atoms with Crippen LogP contribution in [0.25, 0.3) is 0 Å². The molecule has 0 aromatic rings. The predicted octanol–water partition coefficient (Wildman–Crippen LogP) is 1.28. The summed E-state index contributed by atoms with van der Waals surface area (Å²) in [4.78, 5) is 4.14. The number of allylic oxidation sites excluding steroid dienone is 3. The molecule has 0 aliphatic carbocycles. The Balaban J connectivity index is 2.58. The van der Waals surface area contributed by atoms with Gasteiger partial charge >= 0.3 is 0 Å². The molecule has 1 aliphatic rings. The Morgan fingerprint density at radius 3 is 3.10 bits per heavy atom. The second kappa shape index (κ2) is 3.32. The molecular formula is C8H11NO. The minimum atomic E-state index is 0.0809. The highest BCUT2D eigenvalue weighted by molar-refractivity contribution is 5.90. The molecular weight excluding hydrogens is 126 g/mol. The zero-order valence-corrected chi connectivity index (χ0v) is 6.04. The van der Waals surface area contributed by atoms with Crippen molar-refractivity contribution in [3.8, 4) is 0 Å². The summed E-state index contributed by atoms with van der Waals surface area (Å²) in [5.74, 6) is 0. The van der Waals surface area contributed by atoms with Crippen LogP contribution in [-0.2, 0) is 0 Å². The molecule has 1 aliphatic heterocycles. The molecule has 0 saturated carbocycles. The number of aliphatic imine (C=N–C) groups is 1. The maximum atomic E-state index is 8.66. The summed E-state index contributed by atoms with van der Waals surface area (Å²) in [5, 5.41) is 8.66. The van der Waals surface area contributed by atoms with E-state index >= 15 is 0 Å². The summed E-state index contributed by atoms with van der Waals surface area (Å²) in [6.45, 7) is 2.03. The van der Waals surface area contributed by atoms with E-state index in [1.165, 1.54) is 0 Å². The minimum Gasteiger partial charge on any atom is -0.390 e. The van der Waals surface area contributed by atoms with Crippen LogP contribution in [0.1, 0.15) is 13.3 Å². The zero-order valence-electron chi connectivity index (χ0n) is 6.04. The molecule has 0 radical (unpaired) electrons. The number of hydrogen-bond acceptors (Lipinski definition) is 2. The van der Waals surface area contributed by atoms with Crippen molar-refractivity contribution in [1.29, 1.82) is 0 Å². The van der Waals surface area contributed by atoms with Gasteiger partial charge in [-0.15, -0.1) is 0 Å². The predicted molar refractivity (Wildman–Crippen MR) is 42.0 cm³/mol. The van der Waals surface area contributed by atoms with Crippen molar-refractivity contribution >= 4 is 5.71 Å². The molecule has 0 aromatic carbocycles. The molecule has 0 bridgehead atoms. The number of nitrogens with zero attached hydrogens (tertiary/aromatic N) is 1. The van der Waals surface area contributed by atoms with E-state index < -0.39 is 0 Å². The summed E-state index contributed by atoms with van der Waals surface area (Å²) in [5.41, 5.74) is 1.82. The summed E-state index contributed by atoms with van der Waals surface area (Å²) in [6.07, 6.45) is 6.68. The molecule has 0 spiro atoms. The number of hydrogen-bond donors (Lipinski definition) is 1. The molecule has 2 heteroatoms. The van der Waals surface area contributed by atoms with Crippen molar-refractivity contribution in [3.05, 3.63) is 23.9 Å². The Kier molecular flexibility index (Phi) is 2.40. The Morgan fingerprint density at radius 2 is 2.60 bits per heavy atom. The smallest absolute Gasteiger partial charge is 0.0817 e. The minimum absolute atomic E-state index is 0.0809. The normalized spacial score (nSPS) is 17.8. The van der Waals surface area contributed by atoms with Crippen LogP contribution in [0.5, 0.6) is 0 Å². The molecule has 1 rings (SSSR count). The van der Waals surface area contributed by atoms with Crippen molar-refractivity contribution in [2.75, 3.05) is 6.61 Å². The van der Waals surface area contributed by atoms with E-state index in [0.717, 1.165) is 17.8 Å². The van der Waals surface area contributed by atoms with Gasteiger partial charge in [-0.3, -0.25) is 4.99 Å². The van der Waals surface area contributed by atoms with E-state index in [4.69, 9.17) is 5.11 Å². The summed E-state index contributed by atoms with van der Waals surface area (Å²) in [6, 6.07) is 0. The SMILES string of the molecule is C/C=C\C1=CCC(CO)=N1. The van der Waals surface area contributed by atoms with Crippen molar-refractivity contribution in [2.24, 2.45) is 4.99 Å². The van der Waals surface area contributed by atoms with Gasteiger partial charge in [-0.25, -0.2) is 0 Å². The van der Waals surface area contributed by atoms with Crippen molar-refractivity contribution in [1.82, 2.24) is 0 Å². The zero-order chi connectivity index (χ0) is 7.40. The molecule has 0 unspecified atom stereocenters. The number of aliphatic hydroxyl groups is 1. The first-order valence-corrected chi connectivity index (χ1v) is 3.37. The van der Waals surface area contributed by atoms with Gasteiger partial charge in [0.15, 0.2) is 0 Å². The Morgan fingerprint density at radius 1 is 1.80 bits per heavy atom. The number of rotatable bonds is 2. The average Bonchev–Trinajstić information content (AvgIpc) is 2.37. The van der Waals surface area contributed by atoms with Gasteiger partial charge in [0.05, 0.1) is 12.3 Å². The molecule has 10 heavy (non-hydrogen) atoms. The van der Waals surface area contributed by atoms with Gasteiger partial charge in [-0.1, -0.05) is 12.2 Å². The molecule has 1 N–H and O–H groups in total. The molecule has 0 fully saturated rings. The van der Waals surface area contributed by atoms with E-state index in [1.807, 2.05) is 25.2 Å². The maximum Gasteiger partial charge on any atom is 0.0817 e. The summed E-state index contributed by atoms with van der Waals surface area (Å²) >= 11 is 0. The van der Waals surface area contributed by atoms with Gasteiger partial charge in [-0.2, -0.15) is 0 Å². The monoisotopic (exact) mass is 137 g/mol. The molecule has 1 heterocycles. The van der Waals surface area contributed by atoms with Crippen molar-refractivity contribution in [3.63, 3.8) is 0 Å². The van der Waals surface area contributed by atoms with Gasteiger partial charge in [0.1, 0.15) is 0 Å². The first-order valence-electron chi connectivity index (χ1n) is 3.37. The molecule has 0 saturated heterocycles. The highest BCUT2D eigenvalue weighted by Gasteiger charge is 2.03. The fraction of sp³-hybridized carbons (Fsp3) is 0.375. The third-order valence-corrected chi connectivity index (χ3v) is 1.35. The van der Waals surface area contributed by atoms with E-state index in [-0.39, 0.29) is 6.61 Å². The lowest BCUT2D eigenvalue weighted by atomic mass is 10.3. The lowest BCUT2D eigenvalue weighted by molar-refractivity contribution is 0.356. The Labute approximate surface area is 60.6 Å². The molecule has 2 nitrogen and oxygen atoms in total. The van der Waals surface area contributed by atoms with Gasteiger partial charge in [-0.05, 0) is 13.0 Å². The second-order valence-electron chi connectivity index (χ2n) is 2.17. The van der Waals surface area contributed by atoms with Crippen LogP contribution < -0.4 is 0 Å². The molecule has 54 valence electrons. The quantitative estimate of drug-likeness (QED) is 0.611.